The summed E-state index contributed by atoms with van der Waals surface area (Å²) in [4.78, 5) is 17.5. The molecule has 1 aromatic carbocycles. The summed E-state index contributed by atoms with van der Waals surface area (Å²) in [7, 11) is 0. The minimum Gasteiger partial charge on any atom is -0.376 e. The number of pyridine rings is 1. The Labute approximate surface area is 163 Å². The first-order valence-electron chi connectivity index (χ1n) is 9.42. The van der Waals surface area contributed by atoms with E-state index >= 15 is 0 Å². The Morgan fingerprint density at radius 3 is 2.93 bits per heavy atom. The zero-order valence-corrected chi connectivity index (χ0v) is 16.6. The number of hydrogen-bond donors (Lipinski definition) is 0. The van der Waals surface area contributed by atoms with Crippen molar-refractivity contribution in [3.8, 4) is 0 Å². The largest absolute Gasteiger partial charge is 0.376 e. The van der Waals surface area contributed by atoms with E-state index in [0.717, 1.165) is 58.9 Å². The minimum absolute atomic E-state index is 0.154. The summed E-state index contributed by atoms with van der Waals surface area (Å²) in [5, 5.41) is 2.00. The van der Waals surface area contributed by atoms with Crippen LogP contribution in [0.1, 0.15) is 34.6 Å². The lowest BCUT2D eigenvalue weighted by Gasteiger charge is -2.14. The summed E-state index contributed by atoms with van der Waals surface area (Å²) >= 11 is 1.50. The van der Waals surface area contributed by atoms with E-state index < -0.39 is 0 Å². The van der Waals surface area contributed by atoms with E-state index in [1.54, 1.807) is 0 Å². The van der Waals surface area contributed by atoms with Crippen LogP contribution in [0.2, 0.25) is 0 Å². The van der Waals surface area contributed by atoms with Crippen molar-refractivity contribution in [2.75, 3.05) is 12.4 Å². The number of benzene rings is 1. The van der Waals surface area contributed by atoms with Crippen LogP contribution < -0.4 is 0 Å². The number of carbonyl (C=O) groups is 1. The highest BCUT2D eigenvalue weighted by atomic mass is 32.2. The fraction of sp³-hybridized carbons (Fsp3) is 0.364. The van der Waals surface area contributed by atoms with Crippen molar-refractivity contribution < 1.29 is 9.53 Å². The van der Waals surface area contributed by atoms with Crippen molar-refractivity contribution in [3.05, 3.63) is 59.4 Å². The monoisotopic (exact) mass is 380 g/mol. The molecule has 0 bridgehead atoms. The summed E-state index contributed by atoms with van der Waals surface area (Å²) in [5.41, 5.74) is 3.95. The molecule has 4 nitrogen and oxygen atoms in total. The van der Waals surface area contributed by atoms with Crippen molar-refractivity contribution in [2.24, 2.45) is 0 Å². The second-order valence-electron chi connectivity index (χ2n) is 7.08. The Balaban J connectivity index is 1.45. The highest BCUT2D eigenvalue weighted by molar-refractivity contribution is 7.99. The van der Waals surface area contributed by atoms with E-state index in [4.69, 9.17) is 4.74 Å². The molecule has 1 aliphatic heterocycles. The maximum absolute atomic E-state index is 12.8. The number of para-hydroxylation sites is 1. The maximum Gasteiger partial charge on any atom is 0.174 e. The molecule has 0 unspecified atom stereocenters. The number of ketones is 1. The van der Waals surface area contributed by atoms with Crippen molar-refractivity contribution in [1.29, 1.82) is 0 Å². The Kier molecular flexibility index (Phi) is 5.32. The lowest BCUT2D eigenvalue weighted by Crippen LogP contribution is -2.17. The van der Waals surface area contributed by atoms with Crippen LogP contribution in [0.15, 0.2) is 47.5 Å². The van der Waals surface area contributed by atoms with Gasteiger partial charge in [-0.25, -0.2) is 4.98 Å². The SMILES string of the molecule is Cc1cc(C(=O)CSc2ccc3ccccc3n2)c(C)n1C[C@@H]1CCCO1. The van der Waals surface area contributed by atoms with Crippen LogP contribution in [0.25, 0.3) is 10.9 Å². The molecule has 5 heteroatoms. The van der Waals surface area contributed by atoms with Crippen LogP contribution in [-0.4, -0.2) is 33.8 Å². The van der Waals surface area contributed by atoms with E-state index in [9.17, 15) is 4.79 Å². The summed E-state index contributed by atoms with van der Waals surface area (Å²) in [5.74, 6) is 0.553. The van der Waals surface area contributed by atoms with Crippen LogP contribution in [0.3, 0.4) is 0 Å². The van der Waals surface area contributed by atoms with Gasteiger partial charge in [0, 0.05) is 35.5 Å². The first-order chi connectivity index (χ1) is 13.1. The highest BCUT2D eigenvalue weighted by Gasteiger charge is 2.21. The van der Waals surface area contributed by atoms with Gasteiger partial charge in [0.25, 0.3) is 0 Å². The Morgan fingerprint density at radius 2 is 2.11 bits per heavy atom. The van der Waals surface area contributed by atoms with E-state index in [-0.39, 0.29) is 11.9 Å². The first-order valence-corrected chi connectivity index (χ1v) is 10.4. The number of aryl methyl sites for hydroxylation is 1. The van der Waals surface area contributed by atoms with E-state index in [0.29, 0.717) is 5.75 Å². The van der Waals surface area contributed by atoms with Gasteiger partial charge in [-0.05, 0) is 44.9 Å². The predicted octanol–water partition coefficient (Wildman–Crippen LogP) is 4.81. The molecule has 1 fully saturated rings. The lowest BCUT2D eigenvalue weighted by atomic mass is 10.2. The van der Waals surface area contributed by atoms with Crippen LogP contribution >= 0.6 is 11.8 Å². The number of carbonyl (C=O) groups excluding carboxylic acids is 1. The molecule has 0 amide bonds. The molecular formula is C22H24N2O2S. The first kappa shape index (κ1) is 18.3. The number of aromatic nitrogens is 2. The molecule has 4 rings (SSSR count). The van der Waals surface area contributed by atoms with Gasteiger partial charge in [0.05, 0.1) is 22.4 Å². The number of nitrogens with zero attached hydrogens (tertiary/aromatic N) is 2. The van der Waals surface area contributed by atoms with Crippen LogP contribution in [0.4, 0.5) is 0 Å². The Bertz CT molecular complexity index is 974. The topological polar surface area (TPSA) is 44.1 Å². The fourth-order valence-corrected chi connectivity index (χ4v) is 4.46. The Morgan fingerprint density at radius 1 is 1.26 bits per heavy atom. The highest BCUT2D eigenvalue weighted by Crippen LogP contribution is 2.24. The second-order valence-corrected chi connectivity index (χ2v) is 8.08. The number of ether oxygens (including phenoxy) is 1. The molecule has 0 N–H and O–H groups in total. The number of fused-ring (bicyclic) bond motifs is 1. The molecule has 3 heterocycles. The summed E-state index contributed by atoms with van der Waals surface area (Å²) in [6.45, 7) is 5.79. The third-order valence-electron chi connectivity index (χ3n) is 5.21. The molecule has 0 aliphatic carbocycles. The normalized spacial score (nSPS) is 16.9. The standard InChI is InChI=1S/C22H24N2O2S/c1-15-12-19(16(2)24(15)13-18-7-5-11-26-18)21(25)14-27-22-10-9-17-6-3-4-8-20(17)23-22/h3-4,6,8-10,12,18H,5,7,11,13-14H2,1-2H3/t18-/m0/s1. The Hall–Kier alpha value is -2.11. The van der Waals surface area contributed by atoms with Gasteiger partial charge in [0.2, 0.25) is 0 Å². The predicted molar refractivity (Wildman–Crippen MR) is 110 cm³/mol. The van der Waals surface area contributed by atoms with Gasteiger partial charge >= 0.3 is 0 Å². The minimum atomic E-state index is 0.154. The number of Topliss-reactive ketones (excluding diaryl/α,β-unsaturated/α-hetero) is 1. The molecule has 1 saturated heterocycles. The molecule has 27 heavy (non-hydrogen) atoms. The summed E-state index contributed by atoms with van der Waals surface area (Å²) in [6, 6.07) is 14.1. The summed E-state index contributed by atoms with van der Waals surface area (Å²) < 4.78 is 7.98. The van der Waals surface area contributed by atoms with Gasteiger partial charge in [0.15, 0.2) is 5.78 Å². The van der Waals surface area contributed by atoms with Crippen molar-refractivity contribution in [2.45, 2.75) is 44.4 Å². The molecule has 0 radical (unpaired) electrons. The van der Waals surface area contributed by atoms with Crippen LogP contribution in [0, 0.1) is 13.8 Å². The third-order valence-corrected chi connectivity index (χ3v) is 6.14. The quantitative estimate of drug-likeness (QED) is 0.455. The number of thioether (sulfide) groups is 1. The van der Waals surface area contributed by atoms with Crippen molar-refractivity contribution in [3.63, 3.8) is 0 Å². The van der Waals surface area contributed by atoms with Gasteiger partial charge < -0.3 is 9.30 Å². The number of hydrogen-bond acceptors (Lipinski definition) is 4. The van der Waals surface area contributed by atoms with E-state index in [1.807, 2.05) is 43.3 Å². The molecule has 0 saturated carbocycles. The molecule has 2 aromatic heterocycles. The average Bonchev–Trinajstić information content (AvgIpc) is 3.30. The van der Waals surface area contributed by atoms with Crippen LogP contribution in [-0.2, 0) is 11.3 Å². The lowest BCUT2D eigenvalue weighted by molar-refractivity contribution is 0.0957. The van der Waals surface area contributed by atoms with Gasteiger partial charge in [-0.1, -0.05) is 36.0 Å². The van der Waals surface area contributed by atoms with Crippen LogP contribution in [0.5, 0.6) is 0 Å². The molecule has 0 spiro atoms. The second kappa shape index (κ2) is 7.87. The zero-order chi connectivity index (χ0) is 18.8. The fourth-order valence-electron chi connectivity index (χ4n) is 3.70. The maximum atomic E-state index is 12.8. The van der Waals surface area contributed by atoms with Gasteiger partial charge in [0.1, 0.15) is 0 Å². The zero-order valence-electron chi connectivity index (χ0n) is 15.8. The van der Waals surface area contributed by atoms with Gasteiger partial charge in [-0.3, -0.25) is 4.79 Å². The van der Waals surface area contributed by atoms with E-state index in [2.05, 4.69) is 22.5 Å². The molecule has 1 aliphatic rings. The molecule has 140 valence electrons. The van der Waals surface area contributed by atoms with Crippen molar-refractivity contribution >= 4 is 28.4 Å². The third kappa shape index (κ3) is 3.94. The molecule has 3 aromatic rings. The average molecular weight is 381 g/mol. The molecule has 1 atom stereocenters. The molecular weight excluding hydrogens is 356 g/mol. The van der Waals surface area contributed by atoms with Crippen molar-refractivity contribution in [1.82, 2.24) is 9.55 Å². The smallest absolute Gasteiger partial charge is 0.174 e. The van der Waals surface area contributed by atoms with Gasteiger partial charge in [-0.15, -0.1) is 0 Å². The van der Waals surface area contributed by atoms with E-state index in [1.165, 1.54) is 11.8 Å². The number of rotatable bonds is 6. The van der Waals surface area contributed by atoms with Gasteiger partial charge in [-0.2, -0.15) is 0 Å². The summed E-state index contributed by atoms with van der Waals surface area (Å²) in [6.07, 6.45) is 2.50.